The molecule has 1 aromatic heterocycles. The smallest absolute Gasteiger partial charge is 0.225 e. The van der Waals surface area contributed by atoms with Crippen LogP contribution in [0.5, 0.6) is 0 Å². The maximum absolute atomic E-state index is 5.77. The Bertz CT molecular complexity index is 453. The van der Waals surface area contributed by atoms with Crippen molar-refractivity contribution in [3.63, 3.8) is 0 Å². The number of hydrogen-bond donors (Lipinski definition) is 0. The van der Waals surface area contributed by atoms with E-state index in [1.165, 1.54) is 42.6 Å². The van der Waals surface area contributed by atoms with Crippen LogP contribution in [0.1, 0.15) is 42.6 Å². The number of fused-ring (bicyclic) bond motifs is 1. The van der Waals surface area contributed by atoms with Crippen LogP contribution in [0, 0.1) is 0 Å². The van der Waals surface area contributed by atoms with E-state index in [9.17, 15) is 0 Å². The predicted molar refractivity (Wildman–Crippen MR) is 75.7 cm³/mol. The molecular weight excluding hydrogens is 238 g/mol. The van der Waals surface area contributed by atoms with E-state index in [4.69, 9.17) is 14.7 Å². The third-order valence-corrected chi connectivity index (χ3v) is 4.10. The van der Waals surface area contributed by atoms with Crippen molar-refractivity contribution in [3.8, 4) is 0 Å². The normalized spacial score (nSPS) is 22.3. The van der Waals surface area contributed by atoms with E-state index in [2.05, 4.69) is 0 Å². The summed E-state index contributed by atoms with van der Waals surface area (Å²) < 4.78 is 5.77. The maximum Gasteiger partial charge on any atom is 0.225 e. The zero-order valence-corrected chi connectivity index (χ0v) is 12.0. The minimum absolute atomic E-state index is 0.371. The summed E-state index contributed by atoms with van der Waals surface area (Å²) in [5, 5.41) is 0. The first-order valence-electron chi connectivity index (χ1n) is 7.41. The lowest BCUT2D eigenvalue weighted by Gasteiger charge is -2.22. The van der Waals surface area contributed by atoms with Gasteiger partial charge in [-0.15, -0.1) is 0 Å². The van der Waals surface area contributed by atoms with E-state index in [-0.39, 0.29) is 0 Å². The summed E-state index contributed by atoms with van der Waals surface area (Å²) in [5.41, 5.74) is 3.92. The molecule has 0 unspecified atom stereocenters. The van der Waals surface area contributed by atoms with Gasteiger partial charge in [0.15, 0.2) is 0 Å². The van der Waals surface area contributed by atoms with Gasteiger partial charge in [0.25, 0.3) is 0 Å². The third-order valence-electron chi connectivity index (χ3n) is 4.10. The Morgan fingerprint density at radius 1 is 1.16 bits per heavy atom. The first kappa shape index (κ1) is 12.9. The highest BCUT2D eigenvalue weighted by molar-refractivity contribution is 5.37. The predicted octanol–water partition coefficient (Wildman–Crippen LogP) is 2.14. The molecule has 0 aromatic carbocycles. The lowest BCUT2D eigenvalue weighted by Crippen LogP contribution is -2.21. The Balaban J connectivity index is 1.92. The fourth-order valence-corrected chi connectivity index (χ4v) is 3.05. The number of aromatic nitrogens is 2. The Hall–Kier alpha value is -1.16. The molecule has 4 heteroatoms. The Labute approximate surface area is 115 Å². The topological polar surface area (TPSA) is 38.2 Å². The molecule has 19 heavy (non-hydrogen) atoms. The van der Waals surface area contributed by atoms with Crippen LogP contribution >= 0.6 is 0 Å². The van der Waals surface area contributed by atoms with Crippen molar-refractivity contribution >= 4 is 5.95 Å². The van der Waals surface area contributed by atoms with Crippen LogP contribution in [0.15, 0.2) is 0 Å². The van der Waals surface area contributed by atoms with E-state index >= 15 is 0 Å². The first-order valence-corrected chi connectivity index (χ1v) is 7.41. The van der Waals surface area contributed by atoms with Crippen molar-refractivity contribution in [1.29, 1.82) is 0 Å². The molecule has 0 N–H and O–H groups in total. The Morgan fingerprint density at radius 3 is 2.74 bits per heavy atom. The number of aryl methyl sites for hydroxylation is 1. The molecule has 1 atom stereocenters. The van der Waals surface area contributed by atoms with Gasteiger partial charge in [-0.1, -0.05) is 0 Å². The summed E-state index contributed by atoms with van der Waals surface area (Å²) in [6.45, 7) is 0.915. The molecule has 1 aliphatic heterocycles. The highest BCUT2D eigenvalue weighted by Crippen LogP contribution is 2.27. The van der Waals surface area contributed by atoms with Gasteiger partial charge in [0.2, 0.25) is 5.95 Å². The van der Waals surface area contributed by atoms with E-state index in [0.29, 0.717) is 6.10 Å². The number of nitrogens with zero attached hydrogens (tertiary/aromatic N) is 3. The Morgan fingerprint density at radius 2 is 2.00 bits per heavy atom. The summed E-state index contributed by atoms with van der Waals surface area (Å²) in [6, 6.07) is 0. The van der Waals surface area contributed by atoms with Crippen LogP contribution < -0.4 is 4.90 Å². The molecule has 1 fully saturated rings. The van der Waals surface area contributed by atoms with Gasteiger partial charge < -0.3 is 9.64 Å². The van der Waals surface area contributed by atoms with Crippen molar-refractivity contribution in [2.45, 2.75) is 51.0 Å². The molecule has 0 saturated carbocycles. The molecule has 4 nitrogen and oxygen atoms in total. The van der Waals surface area contributed by atoms with Gasteiger partial charge in [-0.05, 0) is 44.1 Å². The van der Waals surface area contributed by atoms with Crippen LogP contribution in [-0.2, 0) is 24.0 Å². The molecule has 2 aliphatic rings. The maximum atomic E-state index is 5.77. The third kappa shape index (κ3) is 2.73. The summed E-state index contributed by atoms with van der Waals surface area (Å²) >= 11 is 0. The van der Waals surface area contributed by atoms with Gasteiger partial charge in [-0.25, -0.2) is 9.97 Å². The second kappa shape index (κ2) is 5.45. The zero-order chi connectivity index (χ0) is 13.2. The minimum Gasteiger partial charge on any atom is -0.378 e. The fraction of sp³-hybridized carbons (Fsp3) is 0.733. The molecule has 0 bridgehead atoms. The second-order valence-corrected chi connectivity index (χ2v) is 5.84. The van der Waals surface area contributed by atoms with Crippen molar-refractivity contribution in [3.05, 3.63) is 17.0 Å². The largest absolute Gasteiger partial charge is 0.378 e. The average Bonchev–Trinajstić information content (AvgIpc) is 2.91. The molecule has 104 valence electrons. The monoisotopic (exact) mass is 261 g/mol. The van der Waals surface area contributed by atoms with Gasteiger partial charge in [0, 0.05) is 32.8 Å². The molecule has 1 aliphatic carbocycles. The number of ether oxygens (including phenoxy) is 1. The minimum atomic E-state index is 0.371. The van der Waals surface area contributed by atoms with Gasteiger partial charge in [0.1, 0.15) is 0 Å². The van der Waals surface area contributed by atoms with Crippen molar-refractivity contribution in [2.24, 2.45) is 0 Å². The molecular formula is C15H23N3O. The standard InChI is InChI=1S/C15H23N3O/c1-18(2)15-16-13-8-4-3-7-12(13)14(17-15)10-11-6-5-9-19-11/h11H,3-10H2,1-2H3/t11-/m0/s1. The Kier molecular flexibility index (Phi) is 3.69. The summed E-state index contributed by atoms with van der Waals surface area (Å²) in [6.07, 6.45) is 8.49. The lowest BCUT2D eigenvalue weighted by atomic mass is 9.92. The van der Waals surface area contributed by atoms with Crippen LogP contribution in [0.2, 0.25) is 0 Å². The number of rotatable bonds is 3. The molecule has 3 rings (SSSR count). The molecule has 0 amide bonds. The highest BCUT2D eigenvalue weighted by atomic mass is 16.5. The lowest BCUT2D eigenvalue weighted by molar-refractivity contribution is 0.110. The van der Waals surface area contributed by atoms with Crippen LogP contribution in [0.3, 0.4) is 0 Å². The van der Waals surface area contributed by atoms with E-state index < -0.39 is 0 Å². The summed E-state index contributed by atoms with van der Waals surface area (Å²) in [4.78, 5) is 11.5. The van der Waals surface area contributed by atoms with Crippen molar-refractivity contribution < 1.29 is 4.74 Å². The quantitative estimate of drug-likeness (QED) is 0.835. The van der Waals surface area contributed by atoms with E-state index in [1.54, 1.807) is 0 Å². The molecule has 2 heterocycles. The van der Waals surface area contributed by atoms with Gasteiger partial charge in [-0.2, -0.15) is 0 Å². The number of anilines is 1. The summed E-state index contributed by atoms with van der Waals surface area (Å²) in [5.74, 6) is 0.855. The van der Waals surface area contributed by atoms with Crippen molar-refractivity contribution in [2.75, 3.05) is 25.6 Å². The number of hydrogen-bond acceptors (Lipinski definition) is 4. The highest BCUT2D eigenvalue weighted by Gasteiger charge is 2.23. The second-order valence-electron chi connectivity index (χ2n) is 5.84. The summed E-state index contributed by atoms with van der Waals surface area (Å²) in [7, 11) is 4.03. The van der Waals surface area contributed by atoms with Gasteiger partial charge >= 0.3 is 0 Å². The van der Waals surface area contributed by atoms with Crippen LogP contribution in [0.4, 0.5) is 5.95 Å². The van der Waals surface area contributed by atoms with Gasteiger partial charge in [0.05, 0.1) is 11.8 Å². The van der Waals surface area contributed by atoms with Gasteiger partial charge in [-0.3, -0.25) is 0 Å². The first-order chi connectivity index (χ1) is 9.24. The van der Waals surface area contributed by atoms with Crippen molar-refractivity contribution in [1.82, 2.24) is 9.97 Å². The van der Waals surface area contributed by atoms with E-state index in [1.807, 2.05) is 19.0 Å². The van der Waals surface area contributed by atoms with Crippen LogP contribution in [0.25, 0.3) is 0 Å². The molecule has 0 spiro atoms. The SMILES string of the molecule is CN(C)c1nc2c(c(C[C@@H]3CCCO3)n1)CCCC2. The molecule has 1 aromatic rings. The van der Waals surface area contributed by atoms with E-state index in [0.717, 1.165) is 31.8 Å². The average molecular weight is 261 g/mol. The molecule has 0 radical (unpaired) electrons. The zero-order valence-electron chi connectivity index (χ0n) is 12.0. The molecule has 1 saturated heterocycles. The fourth-order valence-electron chi connectivity index (χ4n) is 3.05. The van der Waals surface area contributed by atoms with Crippen LogP contribution in [-0.4, -0.2) is 36.8 Å².